The van der Waals surface area contributed by atoms with Gasteiger partial charge in [-0.2, -0.15) is 0 Å². The minimum atomic E-state index is -1.68. The molecular formula is C30H35Cl2N3O5. The van der Waals surface area contributed by atoms with Crippen molar-refractivity contribution in [3.8, 4) is 0 Å². The molecule has 0 radical (unpaired) electrons. The molecule has 2 amide bonds. The summed E-state index contributed by atoms with van der Waals surface area (Å²) in [5.74, 6) is -1.59. The van der Waals surface area contributed by atoms with E-state index >= 15 is 0 Å². The van der Waals surface area contributed by atoms with Crippen LogP contribution >= 0.6 is 23.2 Å². The smallest absolute Gasteiger partial charge is 0.334 e. The Balaban J connectivity index is 1.62. The fraction of sp³-hybridized carbons (Fsp3) is 0.467. The molecule has 1 heterocycles. The number of nitrogens with zero attached hydrogens (tertiary/aromatic N) is 2. The third-order valence-electron chi connectivity index (χ3n) is 8.12. The van der Waals surface area contributed by atoms with E-state index in [-0.39, 0.29) is 17.4 Å². The number of hydrogen-bond donors (Lipinski definition) is 3. The van der Waals surface area contributed by atoms with E-state index in [9.17, 15) is 19.5 Å². The molecular weight excluding hydrogens is 553 g/mol. The van der Waals surface area contributed by atoms with E-state index in [1.807, 2.05) is 11.8 Å². The predicted octanol–water partition coefficient (Wildman–Crippen LogP) is 5.49. The van der Waals surface area contributed by atoms with Crippen molar-refractivity contribution in [1.82, 2.24) is 10.2 Å². The van der Waals surface area contributed by atoms with Gasteiger partial charge in [-0.05, 0) is 79.8 Å². The molecule has 2 aliphatic rings. The summed E-state index contributed by atoms with van der Waals surface area (Å²) in [6.07, 6.45) is 1.66. The lowest BCUT2D eigenvalue weighted by Crippen LogP contribution is -2.50. The van der Waals surface area contributed by atoms with Crippen molar-refractivity contribution >= 4 is 46.7 Å². The van der Waals surface area contributed by atoms with Crippen LogP contribution in [0.1, 0.15) is 80.9 Å². The van der Waals surface area contributed by atoms with Crippen LogP contribution in [0.4, 0.5) is 0 Å². The van der Waals surface area contributed by atoms with Crippen molar-refractivity contribution in [2.45, 2.75) is 71.2 Å². The number of carboxylic acids is 1. The van der Waals surface area contributed by atoms with Gasteiger partial charge in [-0.1, -0.05) is 56.1 Å². The standard InChI is InChI=1S/C30H35Cl2N3O5/c1-17(18-5-7-19(8-6-18)26(37)33-16-24(36)28(39)40)35-27(38)25(20-13-22(31)15-23(32)14-20)34-30(35)11-9-21(10-12-30)29(2,3)4/h5-8,13-15,17,21,24,36H,9-12,16H2,1-4H3,(H,33,37)(H,39,40)/t17-,21?,24-,30?/m1/s1. The lowest BCUT2D eigenvalue weighted by Gasteiger charge is -2.46. The van der Waals surface area contributed by atoms with Gasteiger partial charge in [-0.15, -0.1) is 0 Å². The van der Waals surface area contributed by atoms with Gasteiger partial charge >= 0.3 is 5.97 Å². The first kappa shape index (κ1) is 30.0. The number of aliphatic hydroxyl groups excluding tert-OH is 1. The highest BCUT2D eigenvalue weighted by Gasteiger charge is 2.52. The summed E-state index contributed by atoms with van der Waals surface area (Å²) < 4.78 is 0. The molecule has 0 bridgehead atoms. The van der Waals surface area contributed by atoms with E-state index in [4.69, 9.17) is 33.3 Å². The van der Waals surface area contributed by atoms with Crippen LogP contribution < -0.4 is 5.32 Å². The zero-order valence-electron chi connectivity index (χ0n) is 23.1. The second-order valence-corrected chi connectivity index (χ2v) is 12.7. The first-order valence-corrected chi connectivity index (χ1v) is 14.2. The number of halogens is 2. The average Bonchev–Trinajstić information content (AvgIpc) is 3.16. The lowest BCUT2D eigenvalue weighted by molar-refractivity contribution is -0.146. The summed E-state index contributed by atoms with van der Waals surface area (Å²) in [5, 5.41) is 21.5. The van der Waals surface area contributed by atoms with Gasteiger partial charge in [0.05, 0.1) is 12.6 Å². The summed E-state index contributed by atoms with van der Waals surface area (Å²) in [6, 6.07) is 11.5. The van der Waals surface area contributed by atoms with E-state index in [1.165, 1.54) is 0 Å². The molecule has 1 saturated carbocycles. The number of aliphatic carboxylic acids is 1. The van der Waals surface area contributed by atoms with Gasteiger partial charge in [0.1, 0.15) is 11.4 Å². The molecule has 0 aromatic heterocycles. The van der Waals surface area contributed by atoms with Crippen molar-refractivity contribution in [1.29, 1.82) is 0 Å². The largest absolute Gasteiger partial charge is 0.479 e. The number of aliphatic hydroxyl groups is 1. The first-order valence-electron chi connectivity index (χ1n) is 13.4. The SMILES string of the molecule is C[C@H](c1ccc(C(=O)NC[C@@H](O)C(=O)O)cc1)N1C(=O)C(c2cc(Cl)cc(Cl)c2)=NC12CCC(C(C)(C)C)CC2. The van der Waals surface area contributed by atoms with Crippen LogP contribution in [0.25, 0.3) is 0 Å². The molecule has 2 atom stereocenters. The summed E-state index contributed by atoms with van der Waals surface area (Å²) in [7, 11) is 0. The van der Waals surface area contributed by atoms with E-state index < -0.39 is 30.2 Å². The van der Waals surface area contributed by atoms with E-state index in [1.54, 1.807) is 42.5 Å². The highest BCUT2D eigenvalue weighted by Crippen LogP contribution is 2.49. The van der Waals surface area contributed by atoms with Gasteiger partial charge in [-0.25, -0.2) is 4.79 Å². The Hall–Kier alpha value is -2.94. The zero-order valence-corrected chi connectivity index (χ0v) is 24.6. The normalized spacial score (nSPS) is 22.7. The Bertz CT molecular complexity index is 1310. The molecule has 2 aromatic carbocycles. The maximum Gasteiger partial charge on any atom is 0.334 e. The van der Waals surface area contributed by atoms with Crippen LogP contribution in [0.3, 0.4) is 0 Å². The van der Waals surface area contributed by atoms with Crippen LogP contribution in [0.2, 0.25) is 10.0 Å². The molecule has 2 aromatic rings. The molecule has 1 spiro atoms. The highest BCUT2D eigenvalue weighted by atomic mass is 35.5. The second-order valence-electron chi connectivity index (χ2n) is 11.8. The van der Waals surface area contributed by atoms with Crippen molar-refractivity contribution in [3.05, 3.63) is 69.2 Å². The number of rotatable bonds is 7. The summed E-state index contributed by atoms with van der Waals surface area (Å²) >= 11 is 12.5. The van der Waals surface area contributed by atoms with Crippen molar-refractivity contribution in [3.63, 3.8) is 0 Å². The van der Waals surface area contributed by atoms with Crippen molar-refractivity contribution in [2.24, 2.45) is 16.3 Å². The molecule has 1 aliphatic carbocycles. The number of aliphatic imine (C=N–C) groups is 1. The minimum Gasteiger partial charge on any atom is -0.479 e. The summed E-state index contributed by atoms with van der Waals surface area (Å²) in [5.41, 5.74) is 1.53. The van der Waals surface area contributed by atoms with E-state index in [2.05, 4.69) is 26.1 Å². The molecule has 4 rings (SSSR count). The lowest BCUT2D eigenvalue weighted by atomic mass is 9.69. The number of hydrogen-bond acceptors (Lipinski definition) is 5. The molecule has 3 N–H and O–H groups in total. The Kier molecular flexibility index (Phi) is 8.64. The van der Waals surface area contributed by atoms with Gasteiger partial charge in [0, 0.05) is 21.2 Å². The molecule has 40 heavy (non-hydrogen) atoms. The molecule has 8 nitrogen and oxygen atoms in total. The predicted molar refractivity (Wildman–Crippen MR) is 155 cm³/mol. The van der Waals surface area contributed by atoms with Gasteiger partial charge in [0.2, 0.25) is 0 Å². The average molecular weight is 589 g/mol. The molecule has 1 aliphatic heterocycles. The Morgan fingerprint density at radius 1 is 1.10 bits per heavy atom. The first-order chi connectivity index (χ1) is 18.7. The summed E-state index contributed by atoms with van der Waals surface area (Å²) in [6.45, 7) is 8.30. The number of carbonyl (C=O) groups excluding carboxylic acids is 2. The van der Waals surface area contributed by atoms with Crippen LogP contribution in [-0.4, -0.2) is 56.9 Å². The Labute approximate surface area is 244 Å². The number of carboxylic acid groups (broad SMARTS) is 1. The maximum absolute atomic E-state index is 14.0. The molecule has 0 unspecified atom stereocenters. The van der Waals surface area contributed by atoms with Gasteiger partial charge in [-0.3, -0.25) is 14.6 Å². The fourth-order valence-electron chi connectivity index (χ4n) is 5.77. The molecule has 0 saturated heterocycles. The van der Waals surface area contributed by atoms with Crippen LogP contribution in [0.5, 0.6) is 0 Å². The minimum absolute atomic E-state index is 0.157. The second kappa shape index (κ2) is 11.5. The Morgan fingerprint density at radius 2 is 1.68 bits per heavy atom. The van der Waals surface area contributed by atoms with E-state index in [0.717, 1.165) is 31.2 Å². The summed E-state index contributed by atoms with van der Waals surface area (Å²) in [4.78, 5) is 44.3. The van der Waals surface area contributed by atoms with Crippen LogP contribution in [0.15, 0.2) is 47.5 Å². The van der Waals surface area contributed by atoms with Crippen LogP contribution in [-0.2, 0) is 9.59 Å². The number of nitrogens with one attached hydrogen (secondary N) is 1. The van der Waals surface area contributed by atoms with Gasteiger partial charge < -0.3 is 20.4 Å². The van der Waals surface area contributed by atoms with Crippen molar-refractivity contribution < 1.29 is 24.6 Å². The van der Waals surface area contributed by atoms with Crippen LogP contribution in [0, 0.1) is 11.3 Å². The molecule has 1 fully saturated rings. The molecule has 10 heteroatoms. The number of carbonyl (C=O) groups is 3. The van der Waals surface area contributed by atoms with E-state index in [0.29, 0.717) is 32.8 Å². The Morgan fingerprint density at radius 3 is 2.20 bits per heavy atom. The number of amides is 2. The number of benzene rings is 2. The monoisotopic (exact) mass is 587 g/mol. The third-order valence-corrected chi connectivity index (χ3v) is 8.56. The maximum atomic E-state index is 14.0. The zero-order chi connectivity index (χ0) is 29.4. The van der Waals surface area contributed by atoms with Crippen molar-refractivity contribution in [2.75, 3.05) is 6.54 Å². The topological polar surface area (TPSA) is 119 Å². The quantitative estimate of drug-likeness (QED) is 0.395. The fourth-order valence-corrected chi connectivity index (χ4v) is 6.29. The van der Waals surface area contributed by atoms with Gasteiger partial charge in [0.25, 0.3) is 11.8 Å². The molecule has 214 valence electrons. The highest BCUT2D eigenvalue weighted by molar-refractivity contribution is 6.47. The van der Waals surface area contributed by atoms with Gasteiger partial charge in [0.15, 0.2) is 6.10 Å². The third kappa shape index (κ3) is 6.19.